The van der Waals surface area contributed by atoms with E-state index < -0.39 is 0 Å². The molecule has 2 atom stereocenters. The molecule has 0 aromatic rings. The van der Waals surface area contributed by atoms with Crippen molar-refractivity contribution in [2.24, 2.45) is 11.7 Å². The standard InChI is InChI=1S/C13H28N2O/c1-11(2)12(3)15(4)13(10-14)6-5-8-16-9-7-13/h11-12H,5-10,14H2,1-4H3. The lowest BCUT2D eigenvalue weighted by atomic mass is 9.86. The predicted molar refractivity (Wildman–Crippen MR) is 68.5 cm³/mol. The van der Waals surface area contributed by atoms with Crippen LogP contribution < -0.4 is 5.73 Å². The molecule has 16 heavy (non-hydrogen) atoms. The summed E-state index contributed by atoms with van der Waals surface area (Å²) in [6, 6.07) is 0.571. The fourth-order valence-electron chi connectivity index (χ4n) is 2.57. The minimum absolute atomic E-state index is 0.153. The molecule has 3 heteroatoms. The van der Waals surface area contributed by atoms with E-state index in [1.165, 1.54) is 0 Å². The van der Waals surface area contributed by atoms with Crippen molar-refractivity contribution in [3.8, 4) is 0 Å². The van der Waals surface area contributed by atoms with E-state index >= 15 is 0 Å². The normalized spacial score (nSPS) is 29.4. The maximum atomic E-state index is 6.05. The average molecular weight is 228 g/mol. The van der Waals surface area contributed by atoms with Gasteiger partial charge in [0.2, 0.25) is 0 Å². The molecule has 0 aromatic heterocycles. The Labute approximate surface area is 100 Å². The van der Waals surface area contributed by atoms with Crippen LogP contribution in [0.15, 0.2) is 0 Å². The lowest BCUT2D eigenvalue weighted by Crippen LogP contribution is -2.56. The summed E-state index contributed by atoms with van der Waals surface area (Å²) in [6.45, 7) is 9.34. The summed E-state index contributed by atoms with van der Waals surface area (Å²) < 4.78 is 5.56. The summed E-state index contributed by atoms with van der Waals surface area (Å²) in [5, 5.41) is 0. The van der Waals surface area contributed by atoms with E-state index in [4.69, 9.17) is 10.5 Å². The molecule has 0 amide bonds. The van der Waals surface area contributed by atoms with Gasteiger partial charge in [-0.25, -0.2) is 0 Å². The summed E-state index contributed by atoms with van der Waals surface area (Å²) in [5.41, 5.74) is 6.20. The van der Waals surface area contributed by atoms with Gasteiger partial charge in [0.1, 0.15) is 0 Å². The van der Waals surface area contributed by atoms with Gasteiger partial charge >= 0.3 is 0 Å². The highest BCUT2D eigenvalue weighted by Gasteiger charge is 2.36. The summed E-state index contributed by atoms with van der Waals surface area (Å²) in [6.07, 6.45) is 3.36. The Balaban J connectivity index is 2.76. The first-order valence-electron chi connectivity index (χ1n) is 6.54. The maximum Gasteiger partial charge on any atom is 0.0484 e. The minimum Gasteiger partial charge on any atom is -0.381 e. The highest BCUT2D eigenvalue weighted by atomic mass is 16.5. The van der Waals surface area contributed by atoms with Crippen LogP contribution in [0.5, 0.6) is 0 Å². The molecule has 2 N–H and O–H groups in total. The van der Waals surface area contributed by atoms with Crippen LogP contribution in [-0.4, -0.2) is 43.3 Å². The Kier molecular flexibility index (Phi) is 5.22. The molecule has 0 aliphatic carbocycles. The minimum atomic E-state index is 0.153. The first-order chi connectivity index (χ1) is 7.53. The number of nitrogens with zero attached hydrogens (tertiary/aromatic N) is 1. The van der Waals surface area contributed by atoms with Gasteiger partial charge in [-0.2, -0.15) is 0 Å². The van der Waals surface area contributed by atoms with Gasteiger partial charge < -0.3 is 10.5 Å². The molecule has 1 rings (SSSR count). The smallest absolute Gasteiger partial charge is 0.0484 e. The number of hydrogen-bond donors (Lipinski definition) is 1. The van der Waals surface area contributed by atoms with Crippen LogP contribution in [0.25, 0.3) is 0 Å². The number of rotatable bonds is 4. The van der Waals surface area contributed by atoms with E-state index in [1.807, 2.05) is 0 Å². The van der Waals surface area contributed by atoms with E-state index in [2.05, 4.69) is 32.7 Å². The van der Waals surface area contributed by atoms with Crippen LogP contribution in [0.4, 0.5) is 0 Å². The molecule has 0 bridgehead atoms. The molecule has 0 spiro atoms. The van der Waals surface area contributed by atoms with Crippen LogP contribution in [0.2, 0.25) is 0 Å². The second-order valence-electron chi connectivity index (χ2n) is 5.49. The quantitative estimate of drug-likeness (QED) is 0.798. The van der Waals surface area contributed by atoms with Gasteiger partial charge in [0.05, 0.1) is 0 Å². The molecule has 1 saturated heterocycles. The van der Waals surface area contributed by atoms with E-state index in [1.54, 1.807) is 0 Å². The third-order valence-electron chi connectivity index (χ3n) is 4.35. The third-order valence-corrected chi connectivity index (χ3v) is 4.35. The number of nitrogens with two attached hydrogens (primary N) is 1. The zero-order valence-electron chi connectivity index (χ0n) is 11.3. The van der Waals surface area contributed by atoms with Gasteiger partial charge in [0.15, 0.2) is 0 Å². The summed E-state index contributed by atoms with van der Waals surface area (Å²) in [4.78, 5) is 2.49. The molecular formula is C13H28N2O. The van der Waals surface area contributed by atoms with Gasteiger partial charge in [-0.1, -0.05) is 13.8 Å². The van der Waals surface area contributed by atoms with Crippen molar-refractivity contribution in [1.82, 2.24) is 4.90 Å². The van der Waals surface area contributed by atoms with Gasteiger partial charge in [0.25, 0.3) is 0 Å². The topological polar surface area (TPSA) is 38.5 Å². The van der Waals surface area contributed by atoms with Crippen molar-refractivity contribution in [1.29, 1.82) is 0 Å². The zero-order valence-corrected chi connectivity index (χ0v) is 11.3. The molecule has 0 aromatic carbocycles. The lowest BCUT2D eigenvalue weighted by molar-refractivity contribution is 0.0432. The molecule has 3 nitrogen and oxygen atoms in total. The van der Waals surface area contributed by atoms with Crippen molar-refractivity contribution >= 4 is 0 Å². The van der Waals surface area contributed by atoms with Gasteiger partial charge in [-0.3, -0.25) is 4.90 Å². The molecule has 1 fully saturated rings. The Morgan fingerprint density at radius 3 is 2.50 bits per heavy atom. The number of hydrogen-bond acceptors (Lipinski definition) is 3. The number of likely N-dealkylation sites (N-methyl/N-ethyl adjacent to an activating group) is 1. The molecule has 96 valence electrons. The molecule has 0 radical (unpaired) electrons. The summed E-state index contributed by atoms with van der Waals surface area (Å²) in [7, 11) is 2.23. The van der Waals surface area contributed by atoms with Crippen LogP contribution in [0.1, 0.15) is 40.0 Å². The second kappa shape index (κ2) is 5.99. The summed E-state index contributed by atoms with van der Waals surface area (Å²) in [5.74, 6) is 0.664. The van der Waals surface area contributed by atoms with Crippen LogP contribution in [-0.2, 0) is 4.74 Å². The third kappa shape index (κ3) is 2.96. The van der Waals surface area contributed by atoms with E-state index in [-0.39, 0.29) is 5.54 Å². The van der Waals surface area contributed by atoms with Crippen molar-refractivity contribution in [2.75, 3.05) is 26.8 Å². The highest BCUT2D eigenvalue weighted by Crippen LogP contribution is 2.29. The molecule has 1 heterocycles. The monoisotopic (exact) mass is 228 g/mol. The maximum absolute atomic E-state index is 6.05. The Hall–Kier alpha value is -0.120. The Morgan fingerprint density at radius 1 is 1.25 bits per heavy atom. The molecule has 1 aliphatic rings. The fourth-order valence-corrected chi connectivity index (χ4v) is 2.57. The van der Waals surface area contributed by atoms with E-state index in [0.717, 1.165) is 39.0 Å². The summed E-state index contributed by atoms with van der Waals surface area (Å²) >= 11 is 0. The molecule has 0 saturated carbocycles. The molecular weight excluding hydrogens is 200 g/mol. The average Bonchev–Trinajstić information content (AvgIpc) is 2.53. The lowest BCUT2D eigenvalue weighted by Gasteiger charge is -2.45. The van der Waals surface area contributed by atoms with Gasteiger partial charge in [0, 0.05) is 31.3 Å². The Bertz CT molecular complexity index is 198. The van der Waals surface area contributed by atoms with Gasteiger partial charge in [-0.15, -0.1) is 0 Å². The number of ether oxygens (including phenoxy) is 1. The first kappa shape index (κ1) is 13.9. The predicted octanol–water partition coefficient (Wildman–Crippen LogP) is 1.86. The SMILES string of the molecule is CC(C)C(C)N(C)C1(CN)CCCOCC1. The van der Waals surface area contributed by atoms with Crippen molar-refractivity contribution in [3.63, 3.8) is 0 Å². The second-order valence-corrected chi connectivity index (χ2v) is 5.49. The van der Waals surface area contributed by atoms with E-state index in [0.29, 0.717) is 12.0 Å². The van der Waals surface area contributed by atoms with Crippen LogP contribution in [0, 0.1) is 5.92 Å². The zero-order chi connectivity index (χ0) is 12.2. The van der Waals surface area contributed by atoms with E-state index in [9.17, 15) is 0 Å². The van der Waals surface area contributed by atoms with Crippen LogP contribution >= 0.6 is 0 Å². The first-order valence-corrected chi connectivity index (χ1v) is 6.54. The largest absolute Gasteiger partial charge is 0.381 e. The van der Waals surface area contributed by atoms with Crippen molar-refractivity contribution < 1.29 is 4.74 Å². The van der Waals surface area contributed by atoms with Crippen molar-refractivity contribution in [3.05, 3.63) is 0 Å². The molecule has 2 unspecified atom stereocenters. The fraction of sp³-hybridized carbons (Fsp3) is 1.00. The van der Waals surface area contributed by atoms with Crippen LogP contribution in [0.3, 0.4) is 0 Å². The molecule has 1 aliphatic heterocycles. The highest BCUT2D eigenvalue weighted by molar-refractivity contribution is 4.93. The van der Waals surface area contributed by atoms with Crippen molar-refractivity contribution in [2.45, 2.75) is 51.6 Å². The van der Waals surface area contributed by atoms with Gasteiger partial charge in [-0.05, 0) is 39.2 Å². The Morgan fingerprint density at radius 2 is 1.94 bits per heavy atom.